The Morgan fingerprint density at radius 2 is 1.84 bits per heavy atom. The number of aliphatic hydroxyl groups excluding tert-OH is 1. The van der Waals surface area contributed by atoms with Crippen LogP contribution in [0.1, 0.15) is 50.2 Å². The van der Waals surface area contributed by atoms with Gasteiger partial charge in [-0.3, -0.25) is 0 Å². The van der Waals surface area contributed by atoms with E-state index in [1.807, 2.05) is 0 Å². The smallest absolute Gasteiger partial charge is 0.164 e. The summed E-state index contributed by atoms with van der Waals surface area (Å²) in [7, 11) is 0. The van der Waals surface area contributed by atoms with Crippen LogP contribution in [0.25, 0.3) is 0 Å². The molecule has 1 atom stereocenters. The normalized spacial score (nSPS) is 19.1. The summed E-state index contributed by atoms with van der Waals surface area (Å²) in [6.45, 7) is 0.0189. The van der Waals surface area contributed by atoms with Crippen LogP contribution in [-0.4, -0.2) is 17.8 Å². The highest BCUT2D eigenvalue weighted by molar-refractivity contribution is 5.21. The highest BCUT2D eigenvalue weighted by Crippen LogP contribution is 2.23. The van der Waals surface area contributed by atoms with E-state index in [0.29, 0.717) is 0 Å². The molecule has 106 valence electrons. The predicted octanol–water partition coefficient (Wildman–Crippen LogP) is 3.74. The summed E-state index contributed by atoms with van der Waals surface area (Å²) in [4.78, 5) is 0. The molecule has 4 heteroatoms. The third-order valence-corrected chi connectivity index (χ3v) is 3.63. The average molecular weight is 270 g/mol. The summed E-state index contributed by atoms with van der Waals surface area (Å²) >= 11 is 0. The summed E-state index contributed by atoms with van der Waals surface area (Å²) in [5.74, 6) is -1.93. The zero-order valence-electron chi connectivity index (χ0n) is 10.9. The monoisotopic (exact) mass is 270 g/mol. The molecule has 0 amide bonds. The van der Waals surface area contributed by atoms with Gasteiger partial charge >= 0.3 is 0 Å². The Balaban J connectivity index is 1.89. The van der Waals surface area contributed by atoms with E-state index < -0.39 is 17.7 Å². The van der Waals surface area contributed by atoms with Crippen LogP contribution in [0.15, 0.2) is 18.2 Å². The molecule has 0 saturated heterocycles. The van der Waals surface area contributed by atoms with Crippen molar-refractivity contribution in [3.05, 3.63) is 35.4 Å². The van der Waals surface area contributed by atoms with Gasteiger partial charge in [0, 0.05) is 5.56 Å². The molecule has 1 aromatic carbocycles. The first-order chi connectivity index (χ1) is 9.18. The Bertz CT molecular complexity index is 401. The summed E-state index contributed by atoms with van der Waals surface area (Å²) in [6, 6.07) is 3.82. The highest BCUT2D eigenvalue weighted by atomic mass is 19.2. The molecule has 1 aliphatic carbocycles. The van der Waals surface area contributed by atoms with Gasteiger partial charge in [-0.2, -0.15) is 0 Å². The maximum Gasteiger partial charge on any atom is 0.164 e. The zero-order chi connectivity index (χ0) is 13.7. The van der Waals surface area contributed by atoms with Crippen LogP contribution in [0.4, 0.5) is 8.78 Å². The second-order valence-electron chi connectivity index (χ2n) is 5.11. The SMILES string of the molecule is OC(COC1CCCCCC1)c1cccc(F)c1F. The van der Waals surface area contributed by atoms with Crippen molar-refractivity contribution >= 4 is 0 Å². The summed E-state index contributed by atoms with van der Waals surface area (Å²) in [6.07, 6.45) is 5.70. The summed E-state index contributed by atoms with van der Waals surface area (Å²) in [5.41, 5.74) is -0.0337. The van der Waals surface area contributed by atoms with Gasteiger partial charge in [-0.15, -0.1) is 0 Å². The van der Waals surface area contributed by atoms with Crippen molar-refractivity contribution in [1.82, 2.24) is 0 Å². The van der Waals surface area contributed by atoms with Gasteiger partial charge < -0.3 is 9.84 Å². The predicted molar refractivity (Wildman–Crippen MR) is 68.8 cm³/mol. The van der Waals surface area contributed by atoms with E-state index in [9.17, 15) is 13.9 Å². The molecule has 0 aliphatic heterocycles. The Labute approximate surface area is 112 Å². The summed E-state index contributed by atoms with van der Waals surface area (Å²) in [5, 5.41) is 9.90. The van der Waals surface area contributed by atoms with E-state index in [2.05, 4.69) is 0 Å². The van der Waals surface area contributed by atoms with Gasteiger partial charge in [0.25, 0.3) is 0 Å². The maximum absolute atomic E-state index is 13.5. The maximum atomic E-state index is 13.5. The molecular formula is C15H20F2O2. The molecule has 1 aliphatic rings. The third-order valence-electron chi connectivity index (χ3n) is 3.63. The second-order valence-corrected chi connectivity index (χ2v) is 5.11. The second kappa shape index (κ2) is 6.96. The molecule has 1 fully saturated rings. The third kappa shape index (κ3) is 3.98. The van der Waals surface area contributed by atoms with Gasteiger partial charge in [0.15, 0.2) is 11.6 Å². The van der Waals surface area contributed by atoms with E-state index in [1.54, 1.807) is 0 Å². The number of ether oxygens (including phenoxy) is 1. The quantitative estimate of drug-likeness (QED) is 0.845. The van der Waals surface area contributed by atoms with Gasteiger partial charge in [-0.05, 0) is 18.9 Å². The molecule has 1 N–H and O–H groups in total. The molecule has 2 nitrogen and oxygen atoms in total. The topological polar surface area (TPSA) is 29.5 Å². The lowest BCUT2D eigenvalue weighted by Gasteiger charge is -2.18. The Morgan fingerprint density at radius 3 is 2.53 bits per heavy atom. The number of rotatable bonds is 4. The molecular weight excluding hydrogens is 250 g/mol. The first-order valence-electron chi connectivity index (χ1n) is 6.92. The minimum Gasteiger partial charge on any atom is -0.386 e. The molecule has 1 unspecified atom stereocenters. The molecule has 1 saturated carbocycles. The van der Waals surface area contributed by atoms with Crippen LogP contribution in [0.2, 0.25) is 0 Å². The Kier molecular flexibility index (Phi) is 5.28. The molecule has 1 aromatic rings. The standard InChI is InChI=1S/C15H20F2O2/c16-13-9-5-8-12(15(13)17)14(18)10-19-11-6-3-1-2-4-7-11/h5,8-9,11,14,18H,1-4,6-7,10H2. The lowest BCUT2D eigenvalue weighted by atomic mass is 10.1. The van der Waals surface area contributed by atoms with Crippen molar-refractivity contribution in [2.24, 2.45) is 0 Å². The van der Waals surface area contributed by atoms with E-state index in [0.717, 1.165) is 31.7 Å². The van der Waals surface area contributed by atoms with E-state index in [4.69, 9.17) is 4.74 Å². The highest BCUT2D eigenvalue weighted by Gasteiger charge is 2.19. The molecule has 0 spiro atoms. The molecule has 0 radical (unpaired) electrons. The van der Waals surface area contributed by atoms with Crippen molar-refractivity contribution in [2.45, 2.75) is 50.7 Å². The molecule has 0 heterocycles. The van der Waals surface area contributed by atoms with Crippen molar-refractivity contribution in [3.63, 3.8) is 0 Å². The lowest BCUT2D eigenvalue weighted by Crippen LogP contribution is -2.17. The van der Waals surface area contributed by atoms with Crippen molar-refractivity contribution in [2.75, 3.05) is 6.61 Å². The average Bonchev–Trinajstić information content (AvgIpc) is 2.68. The first kappa shape index (κ1) is 14.4. The van der Waals surface area contributed by atoms with Crippen molar-refractivity contribution in [3.8, 4) is 0 Å². The van der Waals surface area contributed by atoms with Crippen LogP contribution in [0.3, 0.4) is 0 Å². The van der Waals surface area contributed by atoms with Gasteiger partial charge in [-0.25, -0.2) is 8.78 Å². The first-order valence-corrected chi connectivity index (χ1v) is 6.92. The fourth-order valence-electron chi connectivity index (χ4n) is 2.50. The lowest BCUT2D eigenvalue weighted by molar-refractivity contribution is -0.0172. The number of aliphatic hydroxyl groups is 1. The summed E-state index contributed by atoms with van der Waals surface area (Å²) < 4.78 is 32.2. The minimum atomic E-state index is -1.11. The number of hydrogen-bond acceptors (Lipinski definition) is 2. The molecule has 0 bridgehead atoms. The van der Waals surface area contributed by atoms with Crippen LogP contribution in [0.5, 0.6) is 0 Å². The van der Waals surface area contributed by atoms with Crippen LogP contribution in [-0.2, 0) is 4.74 Å². The van der Waals surface area contributed by atoms with Gasteiger partial charge in [0.05, 0.1) is 12.7 Å². The van der Waals surface area contributed by atoms with E-state index >= 15 is 0 Å². The van der Waals surface area contributed by atoms with Crippen molar-refractivity contribution in [1.29, 1.82) is 0 Å². The molecule has 2 rings (SSSR count). The fraction of sp³-hybridized carbons (Fsp3) is 0.600. The van der Waals surface area contributed by atoms with Gasteiger partial charge in [-0.1, -0.05) is 37.8 Å². The van der Waals surface area contributed by atoms with E-state index in [-0.39, 0.29) is 18.3 Å². The van der Waals surface area contributed by atoms with Gasteiger partial charge in [0.2, 0.25) is 0 Å². The largest absolute Gasteiger partial charge is 0.386 e. The van der Waals surface area contributed by atoms with Crippen LogP contribution < -0.4 is 0 Å². The molecule has 0 aromatic heterocycles. The Hall–Kier alpha value is -1.00. The fourth-order valence-corrected chi connectivity index (χ4v) is 2.50. The minimum absolute atomic E-state index is 0.0189. The van der Waals surface area contributed by atoms with Crippen LogP contribution >= 0.6 is 0 Å². The van der Waals surface area contributed by atoms with Crippen molar-refractivity contribution < 1.29 is 18.6 Å². The Morgan fingerprint density at radius 1 is 1.16 bits per heavy atom. The zero-order valence-corrected chi connectivity index (χ0v) is 10.9. The number of benzene rings is 1. The van der Waals surface area contributed by atoms with E-state index in [1.165, 1.54) is 25.0 Å². The number of hydrogen-bond donors (Lipinski definition) is 1. The number of halogens is 2. The van der Waals surface area contributed by atoms with Crippen LogP contribution in [0, 0.1) is 11.6 Å². The molecule has 19 heavy (non-hydrogen) atoms. The van der Waals surface area contributed by atoms with Gasteiger partial charge in [0.1, 0.15) is 6.10 Å².